The van der Waals surface area contributed by atoms with Crippen LogP contribution in [0.2, 0.25) is 0 Å². The Morgan fingerprint density at radius 2 is 1.73 bits per heavy atom. The van der Waals surface area contributed by atoms with Gasteiger partial charge in [-0.2, -0.15) is 13.2 Å². The maximum absolute atomic E-state index is 12.7. The molecule has 0 aliphatic heterocycles. The fourth-order valence-electron chi connectivity index (χ4n) is 2.61. The predicted molar refractivity (Wildman–Crippen MR) is 91.6 cm³/mol. The molecule has 7 heteroatoms. The molecule has 0 saturated carbocycles. The van der Waals surface area contributed by atoms with Crippen molar-refractivity contribution in [3.63, 3.8) is 0 Å². The maximum atomic E-state index is 12.7. The lowest BCUT2D eigenvalue weighted by molar-refractivity contribution is -0.137. The highest BCUT2D eigenvalue weighted by atomic mass is 19.4. The molecule has 1 aromatic heterocycles. The Kier molecular flexibility index (Phi) is 5.37. The third-order valence-corrected chi connectivity index (χ3v) is 3.98. The molecule has 0 atom stereocenters. The Labute approximate surface area is 149 Å². The average molecular weight is 361 g/mol. The number of alkyl halides is 3. The van der Waals surface area contributed by atoms with Gasteiger partial charge in [0, 0.05) is 18.5 Å². The number of hydrogen-bond donors (Lipinski definition) is 1. The Morgan fingerprint density at radius 1 is 1.00 bits per heavy atom. The van der Waals surface area contributed by atoms with Crippen LogP contribution in [-0.2, 0) is 19.0 Å². The standard InChI is InChI=1S/C19H18F3N3O/c1-23-11-10-17-24-25-18(26-17)16-5-3-2-4-14(16)12-13-6-8-15(9-7-13)19(20,21)22/h2-9,23H,10-12H2,1H3. The van der Waals surface area contributed by atoms with Gasteiger partial charge in [0.25, 0.3) is 0 Å². The van der Waals surface area contributed by atoms with Gasteiger partial charge in [-0.15, -0.1) is 10.2 Å². The molecule has 1 heterocycles. The summed E-state index contributed by atoms with van der Waals surface area (Å²) in [5.74, 6) is 0.956. The highest BCUT2D eigenvalue weighted by Gasteiger charge is 2.29. The zero-order chi connectivity index (χ0) is 18.6. The molecule has 0 saturated heterocycles. The van der Waals surface area contributed by atoms with Gasteiger partial charge in [-0.05, 0) is 42.8 Å². The summed E-state index contributed by atoms with van der Waals surface area (Å²) in [4.78, 5) is 0. The molecule has 0 fully saturated rings. The van der Waals surface area contributed by atoms with Crippen molar-refractivity contribution < 1.29 is 17.6 Å². The maximum Gasteiger partial charge on any atom is 0.416 e. The molecule has 0 spiro atoms. The van der Waals surface area contributed by atoms with Crippen LogP contribution in [0.4, 0.5) is 13.2 Å². The van der Waals surface area contributed by atoms with E-state index in [1.807, 2.05) is 31.3 Å². The van der Waals surface area contributed by atoms with E-state index in [0.717, 1.165) is 35.4 Å². The van der Waals surface area contributed by atoms with Crippen molar-refractivity contribution in [1.82, 2.24) is 15.5 Å². The summed E-state index contributed by atoms with van der Waals surface area (Å²) in [7, 11) is 1.84. The Bertz CT molecular complexity index is 857. The molecule has 0 aliphatic rings. The minimum Gasteiger partial charge on any atom is -0.421 e. The third kappa shape index (κ3) is 4.29. The number of nitrogens with zero attached hydrogens (tertiary/aromatic N) is 2. The van der Waals surface area contributed by atoms with Crippen molar-refractivity contribution in [3.05, 3.63) is 71.1 Å². The highest BCUT2D eigenvalue weighted by Crippen LogP contribution is 2.30. The minimum atomic E-state index is -4.33. The summed E-state index contributed by atoms with van der Waals surface area (Å²) >= 11 is 0. The summed E-state index contributed by atoms with van der Waals surface area (Å²) in [6.07, 6.45) is -3.23. The van der Waals surface area contributed by atoms with Crippen LogP contribution in [0.5, 0.6) is 0 Å². The van der Waals surface area contributed by atoms with Crippen LogP contribution in [-0.4, -0.2) is 23.8 Å². The molecule has 3 aromatic rings. The second kappa shape index (κ2) is 7.70. The lowest BCUT2D eigenvalue weighted by Gasteiger charge is -2.09. The van der Waals surface area contributed by atoms with E-state index in [0.29, 0.717) is 24.6 Å². The molecule has 0 radical (unpaired) electrons. The van der Waals surface area contributed by atoms with Gasteiger partial charge in [0.2, 0.25) is 11.8 Å². The first-order valence-electron chi connectivity index (χ1n) is 8.19. The smallest absolute Gasteiger partial charge is 0.416 e. The first-order valence-corrected chi connectivity index (χ1v) is 8.19. The van der Waals surface area contributed by atoms with Crippen LogP contribution < -0.4 is 5.32 Å². The summed E-state index contributed by atoms with van der Waals surface area (Å²) in [5.41, 5.74) is 1.83. The average Bonchev–Trinajstić information content (AvgIpc) is 3.09. The lowest BCUT2D eigenvalue weighted by Crippen LogP contribution is -2.10. The quantitative estimate of drug-likeness (QED) is 0.718. The summed E-state index contributed by atoms with van der Waals surface area (Å²) in [5, 5.41) is 11.1. The highest BCUT2D eigenvalue weighted by molar-refractivity contribution is 5.59. The second-order valence-corrected chi connectivity index (χ2v) is 5.88. The monoisotopic (exact) mass is 361 g/mol. The number of rotatable bonds is 6. The molecular weight excluding hydrogens is 343 g/mol. The van der Waals surface area contributed by atoms with Crippen LogP contribution in [0.3, 0.4) is 0 Å². The van der Waals surface area contributed by atoms with Crippen molar-refractivity contribution in [2.75, 3.05) is 13.6 Å². The van der Waals surface area contributed by atoms with E-state index >= 15 is 0 Å². The first-order chi connectivity index (χ1) is 12.5. The molecule has 0 aliphatic carbocycles. The number of hydrogen-bond acceptors (Lipinski definition) is 4. The molecule has 3 rings (SSSR count). The Hall–Kier alpha value is -2.67. The summed E-state index contributed by atoms with van der Waals surface area (Å²) in [6.45, 7) is 0.731. The van der Waals surface area contributed by atoms with Crippen LogP contribution >= 0.6 is 0 Å². The zero-order valence-corrected chi connectivity index (χ0v) is 14.2. The van der Waals surface area contributed by atoms with Crippen LogP contribution in [0.15, 0.2) is 52.9 Å². The third-order valence-electron chi connectivity index (χ3n) is 3.98. The van der Waals surface area contributed by atoms with Crippen LogP contribution in [0.1, 0.15) is 22.6 Å². The number of nitrogens with one attached hydrogen (secondary N) is 1. The SMILES string of the molecule is CNCCc1nnc(-c2ccccc2Cc2ccc(C(F)(F)F)cc2)o1. The second-order valence-electron chi connectivity index (χ2n) is 5.88. The van der Waals surface area contributed by atoms with Gasteiger partial charge in [0.1, 0.15) is 0 Å². The number of halogens is 3. The van der Waals surface area contributed by atoms with Crippen molar-refractivity contribution in [2.24, 2.45) is 0 Å². The molecule has 0 unspecified atom stereocenters. The van der Waals surface area contributed by atoms with Gasteiger partial charge in [-0.3, -0.25) is 0 Å². The minimum absolute atomic E-state index is 0.415. The van der Waals surface area contributed by atoms with E-state index in [1.165, 1.54) is 12.1 Å². The van der Waals surface area contributed by atoms with E-state index in [1.54, 1.807) is 0 Å². The van der Waals surface area contributed by atoms with Crippen molar-refractivity contribution in [2.45, 2.75) is 19.0 Å². The first kappa shape index (κ1) is 18.1. The summed E-state index contributed by atoms with van der Waals surface area (Å²) < 4.78 is 43.8. The molecule has 26 heavy (non-hydrogen) atoms. The number of aromatic nitrogens is 2. The van der Waals surface area contributed by atoms with E-state index in [9.17, 15) is 13.2 Å². The van der Waals surface area contributed by atoms with Crippen LogP contribution in [0.25, 0.3) is 11.5 Å². The van der Waals surface area contributed by atoms with Crippen molar-refractivity contribution in [1.29, 1.82) is 0 Å². The zero-order valence-electron chi connectivity index (χ0n) is 14.2. The van der Waals surface area contributed by atoms with E-state index in [-0.39, 0.29) is 0 Å². The Balaban J connectivity index is 1.82. The summed E-state index contributed by atoms with van der Waals surface area (Å²) in [6, 6.07) is 12.7. The fourth-order valence-corrected chi connectivity index (χ4v) is 2.61. The van der Waals surface area contributed by atoms with Crippen LogP contribution in [0, 0.1) is 0 Å². The van der Waals surface area contributed by atoms with Gasteiger partial charge >= 0.3 is 6.18 Å². The van der Waals surface area contributed by atoms with Gasteiger partial charge in [0.05, 0.1) is 5.56 Å². The van der Waals surface area contributed by atoms with Crippen molar-refractivity contribution in [3.8, 4) is 11.5 Å². The molecular formula is C19H18F3N3O. The normalized spacial score (nSPS) is 11.7. The topological polar surface area (TPSA) is 51.0 Å². The van der Waals surface area contributed by atoms with Gasteiger partial charge in [-0.25, -0.2) is 0 Å². The molecule has 0 amide bonds. The largest absolute Gasteiger partial charge is 0.421 e. The lowest BCUT2D eigenvalue weighted by atomic mass is 9.99. The van der Waals surface area contributed by atoms with E-state index in [4.69, 9.17) is 4.42 Å². The molecule has 0 bridgehead atoms. The van der Waals surface area contributed by atoms with E-state index in [2.05, 4.69) is 15.5 Å². The van der Waals surface area contributed by atoms with Gasteiger partial charge in [0.15, 0.2) is 0 Å². The number of likely N-dealkylation sites (N-methyl/N-ethyl adjacent to an activating group) is 1. The van der Waals surface area contributed by atoms with Gasteiger partial charge < -0.3 is 9.73 Å². The molecule has 2 aromatic carbocycles. The van der Waals surface area contributed by atoms with E-state index < -0.39 is 11.7 Å². The van der Waals surface area contributed by atoms with Crippen molar-refractivity contribution >= 4 is 0 Å². The fraction of sp³-hybridized carbons (Fsp3) is 0.263. The number of benzene rings is 2. The molecule has 4 nitrogen and oxygen atoms in total. The Morgan fingerprint density at radius 3 is 2.42 bits per heavy atom. The molecule has 1 N–H and O–H groups in total. The predicted octanol–water partition coefficient (Wildman–Crippen LogP) is 4.11. The van der Waals surface area contributed by atoms with Gasteiger partial charge in [-0.1, -0.05) is 30.3 Å². The molecule has 136 valence electrons.